The molecule has 0 atom stereocenters. The molecule has 0 aliphatic rings. The molecule has 1 amide bonds. The first-order valence-electron chi connectivity index (χ1n) is 10.4. The van der Waals surface area contributed by atoms with Crippen molar-refractivity contribution in [1.82, 2.24) is 29.9 Å². The monoisotopic (exact) mass is 484 g/mol. The van der Waals surface area contributed by atoms with Crippen LogP contribution in [0.25, 0.3) is 11.5 Å². The number of amides is 1. The number of pyridine rings is 1. The summed E-state index contributed by atoms with van der Waals surface area (Å²) in [7, 11) is 0. The number of carbonyl (C=O) groups is 2. The Bertz CT molecular complexity index is 1330. The molecule has 0 spiro atoms. The molecule has 35 heavy (non-hydrogen) atoms. The van der Waals surface area contributed by atoms with Crippen LogP contribution in [-0.2, 0) is 17.5 Å². The van der Waals surface area contributed by atoms with E-state index in [9.17, 15) is 22.8 Å². The fourth-order valence-electron chi connectivity index (χ4n) is 3.38. The van der Waals surface area contributed by atoms with Gasteiger partial charge in [0.1, 0.15) is 5.56 Å². The molecule has 9 nitrogen and oxygen atoms in total. The maximum absolute atomic E-state index is 13.7. The quantitative estimate of drug-likeness (QED) is 0.402. The van der Waals surface area contributed by atoms with Crippen molar-refractivity contribution in [3.05, 3.63) is 89.6 Å². The third kappa shape index (κ3) is 5.05. The molecule has 4 aromatic rings. The minimum absolute atomic E-state index is 0.0256. The number of carbonyl (C=O) groups excluding carboxylic acids is 2. The van der Waals surface area contributed by atoms with Crippen LogP contribution in [0.5, 0.6) is 0 Å². The van der Waals surface area contributed by atoms with Gasteiger partial charge in [-0.3, -0.25) is 4.79 Å². The van der Waals surface area contributed by atoms with Crippen LogP contribution >= 0.6 is 0 Å². The molecule has 0 saturated carbocycles. The fourth-order valence-corrected chi connectivity index (χ4v) is 3.38. The van der Waals surface area contributed by atoms with E-state index in [1.807, 2.05) is 0 Å². The maximum atomic E-state index is 13.7. The number of alkyl halides is 3. The second kappa shape index (κ2) is 9.79. The van der Waals surface area contributed by atoms with Crippen molar-refractivity contribution in [2.45, 2.75) is 19.6 Å². The molecule has 1 aromatic carbocycles. The predicted octanol–water partition coefficient (Wildman–Crippen LogP) is 3.58. The Morgan fingerprint density at radius 3 is 2.49 bits per heavy atom. The van der Waals surface area contributed by atoms with Crippen molar-refractivity contribution in [3.8, 4) is 11.5 Å². The molecule has 0 unspecified atom stereocenters. The first kappa shape index (κ1) is 23.7. The lowest BCUT2D eigenvalue weighted by Gasteiger charge is -2.13. The summed E-state index contributed by atoms with van der Waals surface area (Å²) < 4.78 is 47.9. The fraction of sp³-hybridized carbons (Fsp3) is 0.174. The summed E-state index contributed by atoms with van der Waals surface area (Å²) in [4.78, 5) is 28.9. The van der Waals surface area contributed by atoms with E-state index in [2.05, 4.69) is 20.5 Å². The van der Waals surface area contributed by atoms with Crippen LogP contribution in [-0.4, -0.2) is 43.0 Å². The lowest BCUT2D eigenvalue weighted by molar-refractivity contribution is -0.143. The second-order valence-corrected chi connectivity index (χ2v) is 7.20. The van der Waals surface area contributed by atoms with Crippen molar-refractivity contribution in [1.29, 1.82) is 0 Å². The zero-order valence-electron chi connectivity index (χ0n) is 18.4. The van der Waals surface area contributed by atoms with Crippen molar-refractivity contribution < 1.29 is 27.5 Å². The van der Waals surface area contributed by atoms with E-state index >= 15 is 0 Å². The molecule has 0 fully saturated rings. The Kier molecular flexibility index (Phi) is 6.62. The SMILES string of the molecule is CCOC(=O)c1cnn(-c2ccc(C(=O)NCc3cccnc3-n3cccn3)cc2)c1C(F)(F)F. The van der Waals surface area contributed by atoms with Gasteiger partial charge in [0.15, 0.2) is 11.5 Å². The zero-order chi connectivity index (χ0) is 25.0. The van der Waals surface area contributed by atoms with Crippen LogP contribution in [0, 0.1) is 0 Å². The van der Waals surface area contributed by atoms with Gasteiger partial charge in [-0.15, -0.1) is 0 Å². The van der Waals surface area contributed by atoms with Gasteiger partial charge >= 0.3 is 12.1 Å². The van der Waals surface area contributed by atoms with Crippen molar-refractivity contribution in [2.24, 2.45) is 0 Å². The molecular formula is C23H19F3N6O3. The Hall–Kier alpha value is -4.48. The van der Waals surface area contributed by atoms with E-state index in [1.54, 1.807) is 41.5 Å². The van der Waals surface area contributed by atoms with Crippen LogP contribution in [0.2, 0.25) is 0 Å². The Balaban J connectivity index is 1.53. The third-order valence-corrected chi connectivity index (χ3v) is 4.94. The van der Waals surface area contributed by atoms with Gasteiger partial charge in [0.25, 0.3) is 5.91 Å². The van der Waals surface area contributed by atoms with E-state index in [0.29, 0.717) is 10.5 Å². The smallest absolute Gasteiger partial charge is 0.434 e. The van der Waals surface area contributed by atoms with Crippen molar-refractivity contribution in [3.63, 3.8) is 0 Å². The molecule has 4 rings (SSSR count). The number of halogens is 3. The summed E-state index contributed by atoms with van der Waals surface area (Å²) in [5.41, 5.74) is -0.970. The highest BCUT2D eigenvalue weighted by atomic mass is 19.4. The van der Waals surface area contributed by atoms with Gasteiger partial charge in [-0.1, -0.05) is 6.07 Å². The zero-order valence-corrected chi connectivity index (χ0v) is 18.4. The molecule has 0 saturated heterocycles. The van der Waals surface area contributed by atoms with Crippen LogP contribution < -0.4 is 5.32 Å². The summed E-state index contributed by atoms with van der Waals surface area (Å²) in [6.07, 6.45) is 0.901. The first-order chi connectivity index (χ1) is 16.8. The highest BCUT2D eigenvalue weighted by Crippen LogP contribution is 2.34. The minimum Gasteiger partial charge on any atom is -0.462 e. The standard InChI is InChI=1S/C23H19F3N6O3/c1-2-35-22(34)18-14-30-32(19(18)23(24,25)26)17-8-6-15(7-9-17)21(33)28-13-16-5-3-10-27-20(16)31-12-4-11-29-31/h3-12,14H,2,13H2,1H3,(H,28,33). The third-order valence-electron chi connectivity index (χ3n) is 4.94. The number of nitrogens with zero attached hydrogens (tertiary/aromatic N) is 5. The van der Waals surface area contributed by atoms with Gasteiger partial charge in [-0.2, -0.15) is 23.4 Å². The van der Waals surface area contributed by atoms with E-state index in [0.717, 1.165) is 11.8 Å². The number of esters is 1. The van der Waals surface area contributed by atoms with Gasteiger partial charge in [-0.25, -0.2) is 19.1 Å². The van der Waals surface area contributed by atoms with Crippen LogP contribution in [0.1, 0.15) is 38.9 Å². The Labute approximate surface area is 197 Å². The van der Waals surface area contributed by atoms with Gasteiger partial charge < -0.3 is 10.1 Å². The molecule has 0 aliphatic heterocycles. The molecule has 180 valence electrons. The molecule has 12 heteroatoms. The van der Waals surface area contributed by atoms with Gasteiger partial charge in [-0.05, 0) is 43.3 Å². The van der Waals surface area contributed by atoms with E-state index < -0.39 is 29.3 Å². The largest absolute Gasteiger partial charge is 0.462 e. The number of ether oxygens (including phenoxy) is 1. The average molecular weight is 484 g/mol. The van der Waals surface area contributed by atoms with Gasteiger partial charge in [0.05, 0.1) is 18.5 Å². The first-order valence-corrected chi connectivity index (χ1v) is 10.4. The molecule has 0 aliphatic carbocycles. The summed E-state index contributed by atoms with van der Waals surface area (Å²) in [6.45, 7) is 1.57. The maximum Gasteiger partial charge on any atom is 0.434 e. The number of benzene rings is 1. The minimum atomic E-state index is -4.86. The number of aromatic nitrogens is 5. The van der Waals surface area contributed by atoms with Gasteiger partial charge in [0, 0.05) is 36.3 Å². The van der Waals surface area contributed by atoms with Crippen molar-refractivity contribution in [2.75, 3.05) is 6.61 Å². The molecule has 3 aromatic heterocycles. The summed E-state index contributed by atoms with van der Waals surface area (Å²) in [5.74, 6) is -0.994. The van der Waals surface area contributed by atoms with E-state index in [1.165, 1.54) is 31.2 Å². The second-order valence-electron chi connectivity index (χ2n) is 7.20. The predicted molar refractivity (Wildman–Crippen MR) is 117 cm³/mol. The van der Waals surface area contributed by atoms with Crippen LogP contribution in [0.15, 0.2) is 67.3 Å². The van der Waals surface area contributed by atoms with E-state index in [4.69, 9.17) is 4.74 Å². The summed E-state index contributed by atoms with van der Waals surface area (Å²) >= 11 is 0. The molecule has 1 N–H and O–H groups in total. The number of nitrogens with one attached hydrogen (secondary N) is 1. The normalized spacial score (nSPS) is 11.3. The van der Waals surface area contributed by atoms with Crippen LogP contribution in [0.4, 0.5) is 13.2 Å². The van der Waals surface area contributed by atoms with Crippen LogP contribution in [0.3, 0.4) is 0 Å². The number of hydrogen-bond acceptors (Lipinski definition) is 6. The average Bonchev–Trinajstić information content (AvgIpc) is 3.53. The highest BCUT2D eigenvalue weighted by Gasteiger charge is 2.41. The number of rotatable bonds is 7. The molecular weight excluding hydrogens is 465 g/mol. The van der Waals surface area contributed by atoms with E-state index in [-0.39, 0.29) is 24.4 Å². The highest BCUT2D eigenvalue weighted by molar-refractivity contribution is 5.94. The molecule has 0 bridgehead atoms. The Morgan fingerprint density at radius 1 is 1.06 bits per heavy atom. The van der Waals surface area contributed by atoms with Gasteiger partial charge in [0.2, 0.25) is 0 Å². The van der Waals surface area contributed by atoms with Crippen molar-refractivity contribution >= 4 is 11.9 Å². The Morgan fingerprint density at radius 2 is 1.83 bits per heavy atom. The lowest BCUT2D eigenvalue weighted by Crippen LogP contribution is -2.24. The lowest BCUT2D eigenvalue weighted by atomic mass is 10.1. The molecule has 3 heterocycles. The topological polar surface area (TPSA) is 104 Å². The summed E-state index contributed by atoms with van der Waals surface area (Å²) in [5, 5.41) is 10.6. The molecule has 0 radical (unpaired) electrons. The number of hydrogen-bond donors (Lipinski definition) is 1. The summed E-state index contributed by atoms with van der Waals surface area (Å²) in [6, 6.07) is 10.6.